The van der Waals surface area contributed by atoms with Gasteiger partial charge in [-0.2, -0.15) is 4.99 Å². The van der Waals surface area contributed by atoms with Crippen molar-refractivity contribution in [1.29, 1.82) is 0 Å². The van der Waals surface area contributed by atoms with Gasteiger partial charge in [0.05, 0.1) is 17.0 Å². The largest absolute Gasteiger partial charge is 0.366 e. The zero-order valence-electron chi connectivity index (χ0n) is 14.5. The van der Waals surface area contributed by atoms with Gasteiger partial charge >= 0.3 is 0 Å². The Morgan fingerprint density at radius 2 is 1.75 bits per heavy atom. The molecule has 2 aromatic rings. The molecular weight excluding hydrogens is 380 g/mol. The van der Waals surface area contributed by atoms with Crippen LogP contribution in [-0.2, 0) is 14.4 Å². The number of primary amides is 1. The lowest BCUT2D eigenvalue weighted by molar-refractivity contribution is -0.129. The number of amides is 4. The number of nitrogens with one attached hydrogen (secondary N) is 2. The molecular formula is C19H16N4O4S. The van der Waals surface area contributed by atoms with Crippen LogP contribution in [0.3, 0.4) is 0 Å². The summed E-state index contributed by atoms with van der Waals surface area (Å²) >= 11 is 0.913. The molecule has 1 aliphatic rings. The van der Waals surface area contributed by atoms with E-state index >= 15 is 0 Å². The summed E-state index contributed by atoms with van der Waals surface area (Å²) < 4.78 is 0. The van der Waals surface area contributed by atoms with Gasteiger partial charge in [-0.05, 0) is 17.7 Å². The molecule has 0 bridgehead atoms. The molecule has 9 heteroatoms. The number of anilines is 1. The third-order valence-corrected chi connectivity index (χ3v) is 4.76. The number of nitrogens with zero attached hydrogens (tertiary/aromatic N) is 1. The van der Waals surface area contributed by atoms with E-state index in [9.17, 15) is 19.2 Å². The minimum atomic E-state index is -0.998. The first-order valence-electron chi connectivity index (χ1n) is 8.25. The van der Waals surface area contributed by atoms with Gasteiger partial charge in [-0.3, -0.25) is 19.2 Å². The van der Waals surface area contributed by atoms with E-state index in [1.165, 1.54) is 6.07 Å². The molecule has 0 spiro atoms. The number of rotatable bonds is 5. The summed E-state index contributed by atoms with van der Waals surface area (Å²) in [7, 11) is 0. The molecule has 8 nitrogen and oxygen atoms in total. The lowest BCUT2D eigenvalue weighted by atomic mass is 9.97. The van der Waals surface area contributed by atoms with E-state index in [0.29, 0.717) is 5.56 Å². The highest BCUT2D eigenvalue weighted by molar-refractivity contribution is 8.14. The standard InChI is InChI=1S/C19H16N4O4S/c20-16(25)12-8-4-5-9-13(12)21-14(24)10-28-19-22-17(26)15(18(27)23-19)11-6-2-1-3-7-11/h1-9,15H,10H2,(H2,20,25)(H,21,24)(H,22,23,26,27). The summed E-state index contributed by atoms with van der Waals surface area (Å²) in [4.78, 5) is 52.0. The molecule has 2 aromatic carbocycles. The summed E-state index contributed by atoms with van der Waals surface area (Å²) in [6, 6.07) is 15.0. The zero-order valence-corrected chi connectivity index (χ0v) is 15.4. The molecule has 0 aliphatic carbocycles. The Bertz CT molecular complexity index is 975. The van der Waals surface area contributed by atoms with E-state index in [-0.39, 0.29) is 22.2 Å². The fourth-order valence-electron chi connectivity index (χ4n) is 2.62. The maximum atomic E-state index is 12.3. The van der Waals surface area contributed by atoms with Gasteiger partial charge in [0.1, 0.15) is 5.92 Å². The lowest BCUT2D eigenvalue weighted by Gasteiger charge is -2.19. The van der Waals surface area contributed by atoms with Crippen molar-refractivity contribution in [2.75, 3.05) is 11.1 Å². The molecule has 0 aromatic heterocycles. The fraction of sp³-hybridized carbons (Fsp3) is 0.105. The van der Waals surface area contributed by atoms with E-state index in [2.05, 4.69) is 15.6 Å². The summed E-state index contributed by atoms with van der Waals surface area (Å²) in [6.07, 6.45) is 0. The normalized spacial score (nSPS) is 16.1. The van der Waals surface area contributed by atoms with Crippen molar-refractivity contribution in [3.63, 3.8) is 0 Å². The summed E-state index contributed by atoms with van der Waals surface area (Å²) in [6.45, 7) is 0. The first kappa shape index (κ1) is 19.3. The number of carbonyl (C=O) groups excluding carboxylic acids is 4. The minimum absolute atomic E-state index is 0.0560. The monoisotopic (exact) mass is 396 g/mol. The number of hydrogen-bond donors (Lipinski definition) is 3. The Balaban J connectivity index is 1.62. The van der Waals surface area contributed by atoms with Gasteiger partial charge in [0.2, 0.25) is 11.8 Å². The molecule has 142 valence electrons. The Kier molecular flexibility index (Phi) is 5.85. The predicted octanol–water partition coefficient (Wildman–Crippen LogP) is 1.25. The van der Waals surface area contributed by atoms with Crippen LogP contribution in [0, 0.1) is 0 Å². The summed E-state index contributed by atoms with van der Waals surface area (Å²) in [5.74, 6) is -3.29. The highest BCUT2D eigenvalue weighted by Gasteiger charge is 2.33. The maximum Gasteiger partial charge on any atom is 0.265 e. The molecule has 0 saturated heterocycles. The third-order valence-electron chi connectivity index (χ3n) is 3.89. The quantitative estimate of drug-likeness (QED) is 0.655. The van der Waals surface area contributed by atoms with Gasteiger partial charge in [0.25, 0.3) is 11.8 Å². The number of amidine groups is 1. The predicted molar refractivity (Wildman–Crippen MR) is 106 cm³/mol. The molecule has 0 saturated carbocycles. The van der Waals surface area contributed by atoms with E-state index in [0.717, 1.165) is 11.8 Å². The van der Waals surface area contributed by atoms with E-state index in [1.807, 2.05) is 0 Å². The first-order chi connectivity index (χ1) is 13.5. The molecule has 1 aliphatic heterocycles. The number of hydrogen-bond acceptors (Lipinski definition) is 5. The van der Waals surface area contributed by atoms with E-state index in [1.54, 1.807) is 48.5 Å². The van der Waals surface area contributed by atoms with Crippen LogP contribution in [0.15, 0.2) is 59.6 Å². The van der Waals surface area contributed by atoms with Crippen LogP contribution >= 0.6 is 11.8 Å². The van der Waals surface area contributed by atoms with Crippen LogP contribution < -0.4 is 16.4 Å². The van der Waals surface area contributed by atoms with Crippen molar-refractivity contribution in [3.05, 3.63) is 65.7 Å². The van der Waals surface area contributed by atoms with Gasteiger partial charge in [-0.25, -0.2) is 0 Å². The van der Waals surface area contributed by atoms with Crippen LogP contribution in [0.1, 0.15) is 21.8 Å². The Labute approximate surface area is 164 Å². The maximum absolute atomic E-state index is 12.3. The number of para-hydroxylation sites is 1. The van der Waals surface area contributed by atoms with Gasteiger partial charge in [-0.1, -0.05) is 54.2 Å². The molecule has 4 amide bonds. The smallest absolute Gasteiger partial charge is 0.265 e. The second kappa shape index (κ2) is 8.49. The topological polar surface area (TPSA) is 131 Å². The second-order valence-corrected chi connectivity index (χ2v) is 6.80. The summed E-state index contributed by atoms with van der Waals surface area (Å²) in [5, 5.41) is 5.17. The van der Waals surface area contributed by atoms with Gasteiger partial charge in [-0.15, -0.1) is 0 Å². The van der Waals surface area contributed by atoms with E-state index < -0.39 is 29.5 Å². The van der Waals surface area contributed by atoms with Crippen LogP contribution in [0.2, 0.25) is 0 Å². The molecule has 1 heterocycles. The SMILES string of the molecule is NC(=O)c1ccccc1NC(=O)CSC1=NC(=O)[C@H](c2ccccc2)C(=O)N1. The van der Waals surface area contributed by atoms with Crippen LogP contribution in [0.4, 0.5) is 5.69 Å². The highest BCUT2D eigenvalue weighted by atomic mass is 32.2. The molecule has 0 fully saturated rings. The van der Waals surface area contributed by atoms with Crippen LogP contribution in [-0.4, -0.2) is 34.5 Å². The Morgan fingerprint density at radius 3 is 2.43 bits per heavy atom. The van der Waals surface area contributed by atoms with Gasteiger partial charge in [0.15, 0.2) is 5.17 Å². The van der Waals surface area contributed by atoms with Crippen molar-refractivity contribution in [3.8, 4) is 0 Å². The molecule has 1 atom stereocenters. The molecule has 28 heavy (non-hydrogen) atoms. The van der Waals surface area contributed by atoms with Crippen molar-refractivity contribution < 1.29 is 19.2 Å². The Hall–Kier alpha value is -3.46. The molecule has 0 radical (unpaired) electrons. The zero-order chi connectivity index (χ0) is 20.1. The fourth-order valence-corrected chi connectivity index (χ4v) is 3.28. The number of carbonyl (C=O) groups is 4. The van der Waals surface area contributed by atoms with Gasteiger partial charge in [0, 0.05) is 0 Å². The number of benzene rings is 2. The number of nitrogens with two attached hydrogens (primary N) is 1. The average Bonchev–Trinajstić information content (AvgIpc) is 2.67. The van der Waals surface area contributed by atoms with Crippen LogP contribution in [0.5, 0.6) is 0 Å². The highest BCUT2D eigenvalue weighted by Crippen LogP contribution is 2.22. The van der Waals surface area contributed by atoms with Crippen molar-refractivity contribution in [2.45, 2.75) is 5.92 Å². The second-order valence-electron chi connectivity index (χ2n) is 5.83. The molecule has 0 unspecified atom stereocenters. The van der Waals surface area contributed by atoms with Crippen molar-refractivity contribution in [2.24, 2.45) is 10.7 Å². The average molecular weight is 396 g/mol. The number of aliphatic imine (C=N–C) groups is 1. The Morgan fingerprint density at radius 1 is 1.07 bits per heavy atom. The molecule has 3 rings (SSSR count). The van der Waals surface area contributed by atoms with Crippen LogP contribution in [0.25, 0.3) is 0 Å². The van der Waals surface area contributed by atoms with Crippen molar-refractivity contribution >= 4 is 46.2 Å². The molecule has 4 N–H and O–H groups in total. The number of thioether (sulfide) groups is 1. The first-order valence-corrected chi connectivity index (χ1v) is 9.24. The summed E-state index contributed by atoms with van der Waals surface area (Å²) in [5.41, 5.74) is 6.30. The van der Waals surface area contributed by atoms with E-state index in [4.69, 9.17) is 5.73 Å². The minimum Gasteiger partial charge on any atom is -0.366 e. The lowest BCUT2D eigenvalue weighted by Crippen LogP contribution is -2.41. The third kappa shape index (κ3) is 4.44. The van der Waals surface area contributed by atoms with Gasteiger partial charge < -0.3 is 16.4 Å². The van der Waals surface area contributed by atoms with Crippen molar-refractivity contribution in [1.82, 2.24) is 5.32 Å².